The van der Waals surface area contributed by atoms with Crippen molar-refractivity contribution in [3.05, 3.63) is 92.9 Å². The average molecular weight is 529 g/mol. The van der Waals surface area contributed by atoms with E-state index in [1.165, 1.54) is 4.90 Å². The van der Waals surface area contributed by atoms with E-state index in [1.807, 2.05) is 43.3 Å². The molecule has 0 aliphatic heterocycles. The smallest absolute Gasteiger partial charge is 0.410 e. The van der Waals surface area contributed by atoms with Crippen molar-refractivity contribution in [3.63, 3.8) is 0 Å². The van der Waals surface area contributed by atoms with E-state index in [0.29, 0.717) is 12.0 Å². The Kier molecular flexibility index (Phi) is 7.05. The molecule has 0 spiro atoms. The zero-order valence-corrected chi connectivity index (χ0v) is 20.3. The van der Waals surface area contributed by atoms with Gasteiger partial charge in [0, 0.05) is 27.5 Å². The van der Waals surface area contributed by atoms with Gasteiger partial charge in [-0.15, -0.1) is 0 Å². The summed E-state index contributed by atoms with van der Waals surface area (Å²) in [5, 5.41) is 10.3. The Morgan fingerprint density at radius 2 is 1.67 bits per heavy atom. The number of nitrogens with zero attached hydrogens (tertiary/aromatic N) is 1. The van der Waals surface area contributed by atoms with Crippen LogP contribution in [0.25, 0.3) is 11.1 Å². The number of halogens is 2. The van der Waals surface area contributed by atoms with E-state index in [2.05, 4.69) is 28.1 Å². The molecule has 0 saturated carbocycles. The van der Waals surface area contributed by atoms with Gasteiger partial charge in [0.2, 0.25) is 0 Å². The summed E-state index contributed by atoms with van der Waals surface area (Å²) in [5.74, 6) is -1.27. The molecular formula is C26H23BrClNO4. The molecular weight excluding hydrogens is 506 g/mol. The summed E-state index contributed by atoms with van der Waals surface area (Å²) in [6, 6.07) is 19.8. The standard InChI is InChI=1S/C26H23BrClNO4/c1-2-13-29(24(25(30)31)21-12-11-16(27)14-23(21)28)26(32)33-15-22-19-9-5-3-7-17(19)18-8-4-6-10-20(18)22/h3-12,14,22,24H,2,13,15H2,1H3,(H,30,31). The summed E-state index contributed by atoms with van der Waals surface area (Å²) in [6.07, 6.45) is -0.104. The molecule has 5 nitrogen and oxygen atoms in total. The molecule has 4 rings (SSSR count). The van der Waals surface area contributed by atoms with Crippen LogP contribution in [-0.2, 0) is 9.53 Å². The van der Waals surface area contributed by atoms with Crippen molar-refractivity contribution in [2.24, 2.45) is 0 Å². The molecule has 3 aromatic rings. The molecule has 1 atom stereocenters. The van der Waals surface area contributed by atoms with Gasteiger partial charge in [-0.05, 0) is 40.8 Å². The van der Waals surface area contributed by atoms with Crippen LogP contribution in [0.2, 0.25) is 5.02 Å². The largest absolute Gasteiger partial charge is 0.479 e. The highest BCUT2D eigenvalue weighted by Crippen LogP contribution is 2.44. The van der Waals surface area contributed by atoms with Crippen molar-refractivity contribution < 1.29 is 19.4 Å². The maximum absolute atomic E-state index is 13.2. The minimum atomic E-state index is -1.25. The van der Waals surface area contributed by atoms with Gasteiger partial charge in [0.15, 0.2) is 6.04 Å². The van der Waals surface area contributed by atoms with Gasteiger partial charge in [-0.25, -0.2) is 9.59 Å². The Labute approximate surface area is 206 Å². The van der Waals surface area contributed by atoms with Gasteiger partial charge < -0.3 is 9.84 Å². The highest BCUT2D eigenvalue weighted by Gasteiger charge is 2.35. The molecule has 7 heteroatoms. The third kappa shape index (κ3) is 4.63. The molecule has 0 radical (unpaired) electrons. The summed E-state index contributed by atoms with van der Waals surface area (Å²) in [7, 11) is 0. The van der Waals surface area contributed by atoms with E-state index in [9.17, 15) is 14.7 Å². The third-order valence-corrected chi connectivity index (χ3v) is 6.66. The number of benzene rings is 3. The molecule has 1 unspecified atom stereocenters. The van der Waals surface area contributed by atoms with Crippen LogP contribution in [0.1, 0.15) is 42.0 Å². The lowest BCUT2D eigenvalue weighted by atomic mass is 9.98. The summed E-state index contributed by atoms with van der Waals surface area (Å²) in [4.78, 5) is 26.7. The van der Waals surface area contributed by atoms with Crippen LogP contribution in [-0.4, -0.2) is 35.2 Å². The highest BCUT2D eigenvalue weighted by atomic mass is 79.9. The van der Waals surface area contributed by atoms with Crippen molar-refractivity contribution in [2.45, 2.75) is 25.3 Å². The highest BCUT2D eigenvalue weighted by molar-refractivity contribution is 9.10. The second kappa shape index (κ2) is 9.98. The van der Waals surface area contributed by atoms with Crippen molar-refractivity contribution in [3.8, 4) is 11.1 Å². The Hall–Kier alpha value is -2.83. The third-order valence-electron chi connectivity index (χ3n) is 5.84. The van der Waals surface area contributed by atoms with E-state index in [0.717, 1.165) is 26.7 Å². The number of carbonyl (C=O) groups is 2. The molecule has 1 N–H and O–H groups in total. The van der Waals surface area contributed by atoms with Gasteiger partial charge in [-0.3, -0.25) is 4.90 Å². The molecule has 0 aromatic heterocycles. The number of carboxylic acid groups (broad SMARTS) is 1. The van der Waals surface area contributed by atoms with E-state index < -0.39 is 18.1 Å². The molecule has 0 bridgehead atoms. The Balaban J connectivity index is 1.60. The first-order valence-electron chi connectivity index (χ1n) is 10.7. The van der Waals surface area contributed by atoms with Gasteiger partial charge in [-0.2, -0.15) is 0 Å². The molecule has 1 amide bonds. The minimum Gasteiger partial charge on any atom is -0.479 e. The molecule has 1 aliphatic carbocycles. The van der Waals surface area contributed by atoms with Gasteiger partial charge in [-0.1, -0.05) is 89.1 Å². The lowest BCUT2D eigenvalue weighted by molar-refractivity contribution is -0.143. The number of fused-ring (bicyclic) bond motifs is 3. The number of aliphatic carboxylic acids is 1. The van der Waals surface area contributed by atoms with E-state index in [-0.39, 0.29) is 24.1 Å². The second-order valence-corrected chi connectivity index (χ2v) is 9.23. The van der Waals surface area contributed by atoms with Crippen LogP contribution in [0.15, 0.2) is 71.2 Å². The maximum atomic E-state index is 13.2. The number of rotatable bonds is 7. The SMILES string of the molecule is CCCN(C(=O)OCC1c2ccccc2-c2ccccc21)C(C(=O)O)c1ccc(Br)cc1Cl. The van der Waals surface area contributed by atoms with Crippen molar-refractivity contribution >= 4 is 39.6 Å². The van der Waals surface area contributed by atoms with Gasteiger partial charge in [0.25, 0.3) is 0 Å². The molecule has 0 fully saturated rings. The lowest BCUT2D eigenvalue weighted by Crippen LogP contribution is -2.40. The fraction of sp³-hybridized carbons (Fsp3) is 0.231. The van der Waals surface area contributed by atoms with Gasteiger partial charge in [0.1, 0.15) is 6.61 Å². The van der Waals surface area contributed by atoms with E-state index >= 15 is 0 Å². The Morgan fingerprint density at radius 3 is 2.21 bits per heavy atom. The van der Waals surface area contributed by atoms with Crippen molar-refractivity contribution in [1.29, 1.82) is 0 Å². The molecule has 170 valence electrons. The summed E-state index contributed by atoms with van der Waals surface area (Å²) >= 11 is 9.67. The molecule has 1 aliphatic rings. The number of amides is 1. The number of hydrogen-bond donors (Lipinski definition) is 1. The molecule has 0 saturated heterocycles. The normalized spacial score (nSPS) is 13.2. The number of hydrogen-bond acceptors (Lipinski definition) is 3. The average Bonchev–Trinajstić information content (AvgIpc) is 3.12. The second-order valence-electron chi connectivity index (χ2n) is 7.90. The minimum absolute atomic E-state index is 0.107. The fourth-order valence-corrected chi connectivity index (χ4v) is 5.18. The predicted octanol–water partition coefficient (Wildman–Crippen LogP) is 6.89. The zero-order chi connectivity index (χ0) is 23.5. The van der Waals surface area contributed by atoms with Crippen molar-refractivity contribution in [1.82, 2.24) is 4.90 Å². The maximum Gasteiger partial charge on any atom is 0.410 e. The van der Waals surface area contributed by atoms with Crippen molar-refractivity contribution in [2.75, 3.05) is 13.2 Å². The Morgan fingerprint density at radius 1 is 1.06 bits per heavy atom. The summed E-state index contributed by atoms with van der Waals surface area (Å²) in [6.45, 7) is 2.22. The first kappa shape index (κ1) is 23.3. The number of carboxylic acids is 1. The molecule has 3 aromatic carbocycles. The summed E-state index contributed by atoms with van der Waals surface area (Å²) in [5.41, 5.74) is 4.79. The number of ether oxygens (including phenoxy) is 1. The lowest BCUT2D eigenvalue weighted by Gasteiger charge is -2.29. The van der Waals surface area contributed by atoms with Crippen LogP contribution < -0.4 is 0 Å². The van der Waals surface area contributed by atoms with Crippen LogP contribution in [0, 0.1) is 0 Å². The van der Waals surface area contributed by atoms with Crippen LogP contribution in [0.4, 0.5) is 4.79 Å². The topological polar surface area (TPSA) is 66.8 Å². The first-order valence-corrected chi connectivity index (χ1v) is 11.9. The quantitative estimate of drug-likeness (QED) is 0.363. The van der Waals surface area contributed by atoms with Gasteiger partial charge >= 0.3 is 12.1 Å². The molecule has 33 heavy (non-hydrogen) atoms. The van der Waals surface area contributed by atoms with Crippen LogP contribution in [0.3, 0.4) is 0 Å². The zero-order valence-electron chi connectivity index (χ0n) is 18.0. The van der Waals surface area contributed by atoms with Gasteiger partial charge in [0.05, 0.1) is 0 Å². The van der Waals surface area contributed by atoms with E-state index in [1.54, 1.807) is 18.2 Å². The number of carbonyl (C=O) groups excluding carboxylic acids is 1. The Bertz CT molecular complexity index is 1150. The first-order chi connectivity index (χ1) is 15.9. The molecule has 0 heterocycles. The fourth-order valence-electron chi connectivity index (χ4n) is 4.40. The van der Waals surface area contributed by atoms with Crippen LogP contribution in [0.5, 0.6) is 0 Å². The van der Waals surface area contributed by atoms with E-state index in [4.69, 9.17) is 16.3 Å². The monoisotopic (exact) mass is 527 g/mol. The summed E-state index contributed by atoms with van der Waals surface area (Å²) < 4.78 is 6.47. The predicted molar refractivity (Wildman–Crippen MR) is 132 cm³/mol. The van der Waals surface area contributed by atoms with Crippen LogP contribution >= 0.6 is 27.5 Å².